The smallest absolute Gasteiger partial charge is 0.338 e. The van der Waals surface area contributed by atoms with Crippen LogP contribution in [0, 0.1) is 0 Å². The number of nitrogens with zero attached hydrogens (tertiary/aromatic N) is 1. The van der Waals surface area contributed by atoms with Gasteiger partial charge in [0.05, 0.1) is 11.1 Å². The molecule has 10 nitrogen and oxygen atoms in total. The van der Waals surface area contributed by atoms with E-state index >= 15 is 0 Å². The summed E-state index contributed by atoms with van der Waals surface area (Å²) < 4.78 is 23.3. The van der Waals surface area contributed by atoms with Crippen molar-refractivity contribution in [1.29, 1.82) is 0 Å². The molecule has 0 saturated carbocycles. The molecule has 38 heavy (non-hydrogen) atoms. The first kappa shape index (κ1) is 27.4. The summed E-state index contributed by atoms with van der Waals surface area (Å²) in [6.45, 7) is -0.235. The first-order chi connectivity index (χ1) is 18.4. The third-order valence-corrected chi connectivity index (χ3v) is 6.51. The fourth-order valence-electron chi connectivity index (χ4n) is 4.30. The molecule has 1 amide bonds. The summed E-state index contributed by atoms with van der Waals surface area (Å²) in [6, 6.07) is 16.9. The van der Waals surface area contributed by atoms with Gasteiger partial charge >= 0.3 is 11.9 Å². The zero-order valence-corrected chi connectivity index (χ0v) is 21.5. The van der Waals surface area contributed by atoms with Crippen molar-refractivity contribution < 1.29 is 38.1 Å². The quantitative estimate of drug-likeness (QED) is 0.344. The van der Waals surface area contributed by atoms with Gasteiger partial charge in [0.25, 0.3) is 0 Å². The zero-order valence-electron chi connectivity index (χ0n) is 20.6. The van der Waals surface area contributed by atoms with Crippen LogP contribution < -0.4 is 5.32 Å². The second kappa shape index (κ2) is 12.7. The van der Waals surface area contributed by atoms with Crippen molar-refractivity contribution in [3.05, 3.63) is 84.1 Å². The molecule has 4 rings (SSSR count). The molecule has 0 aliphatic carbocycles. The summed E-state index contributed by atoms with van der Waals surface area (Å²) in [5, 5.41) is 2.74. The van der Waals surface area contributed by atoms with Gasteiger partial charge in [0.1, 0.15) is 30.8 Å². The molecule has 2 aromatic rings. The van der Waals surface area contributed by atoms with E-state index in [0.29, 0.717) is 11.1 Å². The monoisotopic (exact) mass is 540 g/mol. The van der Waals surface area contributed by atoms with E-state index in [9.17, 15) is 19.2 Å². The highest BCUT2D eigenvalue weighted by atomic mass is 32.1. The fourth-order valence-corrected chi connectivity index (χ4v) is 4.43. The number of rotatable bonds is 10. The van der Waals surface area contributed by atoms with E-state index in [2.05, 4.69) is 17.9 Å². The van der Waals surface area contributed by atoms with Gasteiger partial charge in [-0.2, -0.15) is 12.6 Å². The number of thiol groups is 1. The molecule has 200 valence electrons. The van der Waals surface area contributed by atoms with E-state index in [1.54, 1.807) is 65.6 Å². The lowest BCUT2D eigenvalue weighted by molar-refractivity contribution is -0.132. The molecular weight excluding hydrogens is 512 g/mol. The molecule has 2 aliphatic rings. The topological polar surface area (TPSA) is 120 Å². The molecule has 1 fully saturated rings. The van der Waals surface area contributed by atoms with E-state index < -0.39 is 42.6 Å². The van der Waals surface area contributed by atoms with Gasteiger partial charge < -0.3 is 29.2 Å². The number of ketones is 1. The maximum absolute atomic E-state index is 13.0. The second-order valence-electron chi connectivity index (χ2n) is 8.65. The number of nitrogens with one attached hydrogen (secondary N) is 1. The Morgan fingerprint density at radius 3 is 2.21 bits per heavy atom. The zero-order chi connectivity index (χ0) is 27.1. The van der Waals surface area contributed by atoms with Crippen molar-refractivity contribution in [2.75, 3.05) is 19.5 Å². The van der Waals surface area contributed by atoms with Crippen LogP contribution >= 0.6 is 12.6 Å². The van der Waals surface area contributed by atoms with Gasteiger partial charge in [-0.1, -0.05) is 36.4 Å². The van der Waals surface area contributed by atoms with Crippen molar-refractivity contribution in [3.8, 4) is 0 Å². The second-order valence-corrected chi connectivity index (χ2v) is 8.97. The largest absolute Gasteiger partial charge is 0.459 e. The molecule has 1 N–H and O–H groups in total. The van der Waals surface area contributed by atoms with E-state index in [0.717, 1.165) is 0 Å². The van der Waals surface area contributed by atoms with Crippen LogP contribution in [-0.4, -0.2) is 78.7 Å². The number of esters is 2. The maximum Gasteiger partial charge on any atom is 0.338 e. The summed E-state index contributed by atoms with van der Waals surface area (Å²) in [7, 11) is 1.43. The Bertz CT molecular complexity index is 1180. The van der Waals surface area contributed by atoms with Crippen LogP contribution in [0.5, 0.6) is 0 Å². The van der Waals surface area contributed by atoms with Gasteiger partial charge in [0.2, 0.25) is 5.91 Å². The Labute approximate surface area is 225 Å². The molecule has 5 atom stereocenters. The average molecular weight is 541 g/mol. The number of hydrogen-bond donors (Lipinski definition) is 2. The summed E-state index contributed by atoms with van der Waals surface area (Å²) in [5.74, 6) is -1.73. The number of carbonyl (C=O) groups excluding carboxylic acids is 4. The van der Waals surface area contributed by atoms with E-state index in [1.165, 1.54) is 19.4 Å². The van der Waals surface area contributed by atoms with Crippen molar-refractivity contribution in [2.24, 2.45) is 0 Å². The summed E-state index contributed by atoms with van der Waals surface area (Å²) in [6.07, 6.45) is -1.60. The number of hydrogen-bond acceptors (Lipinski definition) is 10. The Morgan fingerprint density at radius 1 is 0.974 bits per heavy atom. The number of amides is 1. The molecule has 1 unspecified atom stereocenters. The molecule has 0 radical (unpaired) electrons. The number of benzene rings is 2. The van der Waals surface area contributed by atoms with E-state index in [1.807, 2.05) is 0 Å². The van der Waals surface area contributed by atoms with Crippen LogP contribution in [-0.2, 0) is 28.5 Å². The molecule has 2 aliphatic heterocycles. The number of ether oxygens (including phenoxy) is 4. The lowest BCUT2D eigenvalue weighted by Crippen LogP contribution is -2.56. The first-order valence-electron chi connectivity index (χ1n) is 12.0. The normalized spacial score (nSPS) is 24.5. The van der Waals surface area contributed by atoms with Crippen LogP contribution in [0.1, 0.15) is 27.1 Å². The van der Waals surface area contributed by atoms with E-state index in [4.69, 9.17) is 18.9 Å². The minimum absolute atomic E-state index is 0.00146. The van der Waals surface area contributed by atoms with Crippen LogP contribution in [0.2, 0.25) is 0 Å². The summed E-state index contributed by atoms with van der Waals surface area (Å²) in [4.78, 5) is 51.4. The first-order valence-corrected chi connectivity index (χ1v) is 12.6. The van der Waals surface area contributed by atoms with Crippen LogP contribution in [0.3, 0.4) is 0 Å². The molecule has 0 aromatic heterocycles. The highest BCUT2D eigenvalue weighted by Crippen LogP contribution is 2.32. The van der Waals surface area contributed by atoms with Crippen LogP contribution in [0.25, 0.3) is 0 Å². The van der Waals surface area contributed by atoms with Crippen molar-refractivity contribution >= 4 is 36.3 Å². The number of methoxy groups -OCH3 is 1. The fraction of sp³-hybridized carbons (Fsp3) is 0.333. The highest BCUT2D eigenvalue weighted by Gasteiger charge is 2.51. The Morgan fingerprint density at radius 2 is 1.61 bits per heavy atom. The molecule has 1 saturated heterocycles. The third-order valence-electron chi connectivity index (χ3n) is 6.16. The summed E-state index contributed by atoms with van der Waals surface area (Å²) in [5.41, 5.74) is 0.684. The molecule has 0 bridgehead atoms. The Hall–Kier alpha value is -3.67. The SMILES string of the molecule is CO[C@H]1[C@@H](OC(=O)c2ccccc2)[C@@H](COC(=O)c2ccccc2)O[C@H]1N1C=CC(=O)NC1CC(=O)CS. The average Bonchev–Trinajstić information content (AvgIpc) is 3.29. The maximum atomic E-state index is 13.0. The predicted octanol–water partition coefficient (Wildman–Crippen LogP) is 1.97. The van der Waals surface area contributed by atoms with Gasteiger partial charge in [-0.05, 0) is 24.3 Å². The van der Waals surface area contributed by atoms with Gasteiger partial charge in [-0.15, -0.1) is 0 Å². The van der Waals surface area contributed by atoms with Crippen LogP contribution in [0.4, 0.5) is 0 Å². The number of Topliss-reactive ketones (excluding diaryl/α,β-unsaturated/α-hetero) is 1. The van der Waals surface area contributed by atoms with Crippen molar-refractivity contribution in [1.82, 2.24) is 10.2 Å². The minimum atomic E-state index is -0.978. The molecule has 0 spiro atoms. The van der Waals surface area contributed by atoms with Gasteiger partial charge in [-0.25, -0.2) is 9.59 Å². The molecule has 11 heteroatoms. The van der Waals surface area contributed by atoms with Crippen molar-refractivity contribution in [3.63, 3.8) is 0 Å². The molecule has 2 aromatic carbocycles. The van der Waals surface area contributed by atoms with Gasteiger partial charge in [0.15, 0.2) is 12.3 Å². The predicted molar refractivity (Wildman–Crippen MR) is 138 cm³/mol. The molecular formula is C27H28N2O8S. The number of carbonyl (C=O) groups is 4. The minimum Gasteiger partial charge on any atom is -0.459 e. The summed E-state index contributed by atoms with van der Waals surface area (Å²) >= 11 is 4.03. The van der Waals surface area contributed by atoms with Crippen molar-refractivity contribution in [2.45, 2.75) is 37.1 Å². The highest BCUT2D eigenvalue weighted by molar-refractivity contribution is 7.81. The van der Waals surface area contributed by atoms with Gasteiger partial charge in [-0.3, -0.25) is 9.59 Å². The van der Waals surface area contributed by atoms with E-state index in [-0.39, 0.29) is 30.5 Å². The van der Waals surface area contributed by atoms with Gasteiger partial charge in [0, 0.05) is 31.6 Å². The molecule has 2 heterocycles. The Kier molecular flexibility index (Phi) is 9.16. The lowest BCUT2D eigenvalue weighted by atomic mass is 10.1. The standard InChI is InChI=1S/C27H28N2O8S/c1-34-24-23(37-27(33)18-10-6-3-7-11-18)20(15-35-26(32)17-8-4-2-5-9-17)36-25(24)29-13-12-22(31)28-21(29)14-19(30)16-38/h2-13,20-21,23-25,38H,14-16H2,1H3,(H,28,31)/t20-,21?,23+,24+,25-/m1/s1. The Balaban J connectivity index is 1.59. The van der Waals surface area contributed by atoms with Crippen LogP contribution in [0.15, 0.2) is 72.9 Å². The third kappa shape index (κ3) is 6.42. The lowest BCUT2D eigenvalue weighted by Gasteiger charge is -2.39.